The highest BCUT2D eigenvalue weighted by Crippen LogP contribution is 2.51. The number of oxazole rings is 1. The smallest absolute Gasteiger partial charge is 0.349 e. The van der Waals surface area contributed by atoms with Crippen LogP contribution in [0.2, 0.25) is 0 Å². The lowest BCUT2D eigenvalue weighted by atomic mass is 9.69. The molecule has 6 rings (SSSR count). The highest BCUT2D eigenvalue weighted by Gasteiger charge is 2.42. The molecule has 4 aromatic rings. The average molecular weight is 471 g/mol. The molecule has 5 heteroatoms. The van der Waals surface area contributed by atoms with Gasteiger partial charge in [-0.3, -0.25) is 0 Å². The van der Waals surface area contributed by atoms with Crippen LogP contribution in [0.1, 0.15) is 78.0 Å². The Hall–Kier alpha value is -3.08. The van der Waals surface area contributed by atoms with Crippen LogP contribution in [0.25, 0.3) is 33.5 Å². The molecule has 0 amide bonds. The van der Waals surface area contributed by atoms with Gasteiger partial charge in [-0.2, -0.15) is 0 Å². The van der Waals surface area contributed by atoms with E-state index in [1.54, 1.807) is 0 Å². The second-order valence-corrected chi connectivity index (χ2v) is 12.7. The Morgan fingerprint density at radius 3 is 2.37 bits per heavy atom. The third-order valence-corrected chi connectivity index (χ3v) is 8.22. The Morgan fingerprint density at radius 1 is 0.943 bits per heavy atom. The molecule has 2 aromatic heterocycles. The van der Waals surface area contributed by atoms with Crippen molar-refractivity contribution in [2.45, 2.75) is 77.6 Å². The van der Waals surface area contributed by atoms with Crippen LogP contribution in [0.5, 0.6) is 0 Å². The standard InChI is InChI=1S/C30H34N2O3/c1-28(2,3)18-8-9-22-21(16-18)31-26(34-22)19-14-17-15-20-24-23(25(17)35-27(19)33)30(6,7)11-13-32(24)12-10-29(20,4)5/h8-9,14-16H,10-13H2,1-7H3. The van der Waals surface area contributed by atoms with Crippen LogP contribution in [0.15, 0.2) is 44.0 Å². The SMILES string of the molecule is CC(C)(C)c1ccc2oc(-c3cc4cc5c6c(c4oc3=O)C(C)(C)CCN6CCC5(C)C)nc2c1. The first-order valence-corrected chi connectivity index (χ1v) is 12.7. The van der Waals surface area contributed by atoms with Crippen molar-refractivity contribution in [2.24, 2.45) is 0 Å². The molecule has 0 atom stereocenters. The van der Waals surface area contributed by atoms with Gasteiger partial charge in [0.15, 0.2) is 5.58 Å². The number of benzene rings is 2. The predicted octanol–water partition coefficient (Wildman–Crippen LogP) is 7.07. The summed E-state index contributed by atoms with van der Waals surface area (Å²) in [5.74, 6) is 0.313. The van der Waals surface area contributed by atoms with Crippen molar-refractivity contribution >= 4 is 27.8 Å². The summed E-state index contributed by atoms with van der Waals surface area (Å²) in [5, 5.41) is 0.941. The number of fused-ring (bicyclic) bond motifs is 3. The van der Waals surface area contributed by atoms with Gasteiger partial charge in [-0.15, -0.1) is 0 Å². The minimum Gasteiger partial charge on any atom is -0.436 e. The van der Waals surface area contributed by atoms with Gasteiger partial charge in [-0.05, 0) is 64.5 Å². The van der Waals surface area contributed by atoms with E-state index >= 15 is 0 Å². The van der Waals surface area contributed by atoms with Gasteiger partial charge in [0.25, 0.3) is 0 Å². The lowest BCUT2D eigenvalue weighted by Gasteiger charge is -2.48. The van der Waals surface area contributed by atoms with Gasteiger partial charge in [0.1, 0.15) is 16.7 Å². The summed E-state index contributed by atoms with van der Waals surface area (Å²) in [6.07, 6.45) is 2.14. The normalized spacial score (nSPS) is 18.8. The Bertz CT molecular complexity index is 1560. The summed E-state index contributed by atoms with van der Waals surface area (Å²) >= 11 is 0. The van der Waals surface area contributed by atoms with Gasteiger partial charge in [0, 0.05) is 29.7 Å². The van der Waals surface area contributed by atoms with E-state index in [1.165, 1.54) is 22.4 Å². The van der Waals surface area contributed by atoms with Crippen molar-refractivity contribution < 1.29 is 8.83 Å². The number of hydrogen-bond acceptors (Lipinski definition) is 5. The Balaban J connectivity index is 1.60. The van der Waals surface area contributed by atoms with E-state index in [9.17, 15) is 4.79 Å². The summed E-state index contributed by atoms with van der Waals surface area (Å²) in [4.78, 5) is 20.5. The van der Waals surface area contributed by atoms with Crippen LogP contribution in [0.4, 0.5) is 5.69 Å². The van der Waals surface area contributed by atoms with Gasteiger partial charge >= 0.3 is 5.63 Å². The zero-order valence-corrected chi connectivity index (χ0v) is 21.8. The van der Waals surface area contributed by atoms with Gasteiger partial charge in [0.2, 0.25) is 5.89 Å². The van der Waals surface area contributed by atoms with E-state index < -0.39 is 5.63 Å². The van der Waals surface area contributed by atoms with E-state index in [0.29, 0.717) is 22.6 Å². The largest absolute Gasteiger partial charge is 0.436 e. The molecule has 0 saturated carbocycles. The van der Waals surface area contributed by atoms with Crippen LogP contribution in [0.3, 0.4) is 0 Å². The maximum atomic E-state index is 13.3. The first kappa shape index (κ1) is 22.4. The third-order valence-electron chi connectivity index (χ3n) is 8.22. The summed E-state index contributed by atoms with van der Waals surface area (Å²) in [7, 11) is 0. The van der Waals surface area contributed by atoms with E-state index in [-0.39, 0.29) is 16.2 Å². The molecule has 0 spiro atoms. The molecule has 182 valence electrons. The fraction of sp³-hybridized carbons (Fsp3) is 0.467. The fourth-order valence-corrected chi connectivity index (χ4v) is 5.81. The molecule has 0 unspecified atom stereocenters. The number of anilines is 1. The Morgan fingerprint density at radius 2 is 1.66 bits per heavy atom. The summed E-state index contributed by atoms with van der Waals surface area (Å²) < 4.78 is 12.2. The van der Waals surface area contributed by atoms with Crippen LogP contribution >= 0.6 is 0 Å². The highest BCUT2D eigenvalue weighted by molar-refractivity contribution is 5.92. The van der Waals surface area contributed by atoms with Gasteiger partial charge < -0.3 is 13.7 Å². The minimum atomic E-state index is -0.403. The number of hydrogen-bond donors (Lipinski definition) is 0. The number of aromatic nitrogens is 1. The molecule has 4 heterocycles. The molecule has 2 aromatic carbocycles. The summed E-state index contributed by atoms with van der Waals surface area (Å²) in [5.41, 5.74) is 7.04. The van der Waals surface area contributed by atoms with E-state index in [4.69, 9.17) is 13.8 Å². The maximum absolute atomic E-state index is 13.3. The van der Waals surface area contributed by atoms with Crippen LogP contribution in [0, 0.1) is 0 Å². The van der Waals surface area contributed by atoms with E-state index in [1.807, 2.05) is 18.2 Å². The molecule has 2 aliphatic rings. The molecular weight excluding hydrogens is 436 g/mol. The first-order chi connectivity index (χ1) is 16.3. The van der Waals surface area contributed by atoms with Crippen LogP contribution in [-0.2, 0) is 16.2 Å². The quantitative estimate of drug-likeness (QED) is 0.279. The second kappa shape index (κ2) is 6.99. The van der Waals surface area contributed by atoms with Crippen molar-refractivity contribution in [2.75, 3.05) is 18.0 Å². The van der Waals surface area contributed by atoms with Crippen LogP contribution in [-0.4, -0.2) is 18.1 Å². The van der Waals surface area contributed by atoms with Gasteiger partial charge in [0.05, 0.1) is 0 Å². The zero-order chi connectivity index (χ0) is 24.9. The summed E-state index contributed by atoms with van der Waals surface area (Å²) in [6.45, 7) is 17.8. The van der Waals surface area contributed by atoms with Crippen molar-refractivity contribution in [3.63, 3.8) is 0 Å². The minimum absolute atomic E-state index is 0.00322. The molecule has 0 N–H and O–H groups in total. The van der Waals surface area contributed by atoms with E-state index in [0.717, 1.165) is 36.8 Å². The fourth-order valence-electron chi connectivity index (χ4n) is 5.81. The second-order valence-electron chi connectivity index (χ2n) is 12.7. The molecular formula is C30H34N2O3. The lowest BCUT2D eigenvalue weighted by molar-refractivity contribution is 0.398. The average Bonchev–Trinajstić information content (AvgIpc) is 3.19. The first-order valence-electron chi connectivity index (χ1n) is 12.7. The molecule has 0 bridgehead atoms. The lowest BCUT2D eigenvalue weighted by Crippen LogP contribution is -2.44. The monoisotopic (exact) mass is 470 g/mol. The zero-order valence-electron chi connectivity index (χ0n) is 21.8. The highest BCUT2D eigenvalue weighted by atomic mass is 16.4. The Kier molecular flexibility index (Phi) is 4.47. The molecule has 2 aliphatic heterocycles. The number of nitrogens with zero attached hydrogens (tertiary/aromatic N) is 2. The maximum Gasteiger partial charge on any atom is 0.349 e. The van der Waals surface area contributed by atoms with Crippen molar-refractivity contribution in [3.8, 4) is 11.5 Å². The van der Waals surface area contributed by atoms with Gasteiger partial charge in [-0.1, -0.05) is 54.5 Å². The van der Waals surface area contributed by atoms with Crippen molar-refractivity contribution in [1.29, 1.82) is 0 Å². The Labute approximate surface area is 206 Å². The number of rotatable bonds is 1. The van der Waals surface area contributed by atoms with E-state index in [2.05, 4.69) is 65.5 Å². The third kappa shape index (κ3) is 3.35. The summed E-state index contributed by atoms with van der Waals surface area (Å²) in [6, 6.07) is 10.2. The van der Waals surface area contributed by atoms with Crippen LogP contribution < -0.4 is 10.5 Å². The van der Waals surface area contributed by atoms with Crippen molar-refractivity contribution in [1.82, 2.24) is 4.98 Å². The molecule has 0 saturated heterocycles. The molecule has 0 radical (unpaired) electrons. The predicted molar refractivity (Wildman–Crippen MR) is 142 cm³/mol. The van der Waals surface area contributed by atoms with Crippen molar-refractivity contribution in [3.05, 3.63) is 57.4 Å². The molecule has 35 heavy (non-hydrogen) atoms. The molecule has 5 nitrogen and oxygen atoms in total. The topological polar surface area (TPSA) is 59.5 Å². The molecule has 0 fully saturated rings. The molecule has 0 aliphatic carbocycles. The van der Waals surface area contributed by atoms with Gasteiger partial charge in [-0.25, -0.2) is 9.78 Å².